The molecule has 0 radical (unpaired) electrons. The van der Waals surface area contributed by atoms with Gasteiger partial charge in [0.15, 0.2) is 0 Å². The van der Waals surface area contributed by atoms with Crippen molar-refractivity contribution in [1.29, 1.82) is 0 Å². The Balaban J connectivity index is 0.000000131. The van der Waals surface area contributed by atoms with E-state index < -0.39 is 12.1 Å². The molecule has 17 rings (SSSR count). The van der Waals surface area contributed by atoms with Gasteiger partial charge in [-0.1, -0.05) is 177 Å². The van der Waals surface area contributed by atoms with E-state index >= 15 is 0 Å². The molecule has 10 heterocycles. The van der Waals surface area contributed by atoms with Crippen molar-refractivity contribution >= 4 is 69.0 Å². The molecular weight excluding hydrogens is 1530 g/mol. The first-order valence-electron chi connectivity index (χ1n) is 40.9. The highest BCUT2D eigenvalue weighted by Gasteiger charge is 2.41. The molecule has 5 unspecified atom stereocenters. The largest absolute Gasteiger partial charge is 0.497 e. The fourth-order valence-electron chi connectivity index (χ4n) is 16.2. The van der Waals surface area contributed by atoms with Gasteiger partial charge in [-0.05, 0) is 121 Å². The number of aromatic nitrogens is 8. The number of nitrogens with one attached hydrogen (secondary N) is 2. The molecule has 12 aromatic rings. The number of hydrogen-bond acceptors (Lipinski definition) is 16. The summed E-state index contributed by atoms with van der Waals surface area (Å²) in [5, 5.41) is 10.3. The van der Waals surface area contributed by atoms with Crippen LogP contribution in [0.25, 0.3) is 27.5 Å². The lowest BCUT2D eigenvalue weighted by Crippen LogP contribution is -2.49. The summed E-state index contributed by atoms with van der Waals surface area (Å²) >= 11 is 0. The highest BCUT2D eigenvalue weighted by molar-refractivity contribution is 6.01. The highest BCUT2D eigenvalue weighted by atomic mass is 16.5. The predicted molar refractivity (Wildman–Crippen MR) is 461 cm³/mol. The van der Waals surface area contributed by atoms with Crippen LogP contribution in [0, 0.1) is 0 Å². The number of esters is 3. The first-order valence-corrected chi connectivity index (χ1v) is 40.9. The third-order valence-corrected chi connectivity index (χ3v) is 22.3. The normalized spacial score (nSPS) is 16.6. The molecule has 624 valence electrons. The van der Waals surface area contributed by atoms with E-state index in [0.717, 1.165) is 68.3 Å². The average Bonchev–Trinajstić information content (AvgIpc) is 1.69. The van der Waals surface area contributed by atoms with Crippen LogP contribution in [0.1, 0.15) is 138 Å². The van der Waals surface area contributed by atoms with E-state index in [2.05, 4.69) is 81.3 Å². The van der Waals surface area contributed by atoms with Crippen molar-refractivity contribution in [3.8, 4) is 0 Å². The molecule has 5 aliphatic heterocycles. The van der Waals surface area contributed by atoms with Crippen LogP contribution in [-0.2, 0) is 124 Å². The number of aromatic amines is 2. The van der Waals surface area contributed by atoms with Crippen LogP contribution in [0.15, 0.2) is 250 Å². The minimum absolute atomic E-state index is 0.00839. The van der Waals surface area contributed by atoms with Crippen LogP contribution in [0.3, 0.4) is 0 Å². The van der Waals surface area contributed by atoms with Crippen LogP contribution in [0.5, 0.6) is 0 Å². The molecular formula is C96H103N13O12. The Morgan fingerprint density at radius 1 is 0.405 bits per heavy atom. The van der Waals surface area contributed by atoms with Crippen molar-refractivity contribution in [3.63, 3.8) is 0 Å². The Morgan fingerprint density at radius 3 is 1.21 bits per heavy atom. The zero-order valence-corrected chi connectivity index (χ0v) is 69.7. The Morgan fingerprint density at radius 2 is 0.802 bits per heavy atom. The Hall–Kier alpha value is -13.8. The number of fused-ring (bicyclic) bond motifs is 7. The summed E-state index contributed by atoms with van der Waals surface area (Å²) in [5.41, 5.74) is 17.2. The van der Waals surface area contributed by atoms with E-state index in [4.69, 9.17) is 23.7 Å². The first-order chi connectivity index (χ1) is 58.7. The number of ether oxygens (including phenoxy) is 5. The molecule has 0 saturated carbocycles. The van der Waals surface area contributed by atoms with Gasteiger partial charge in [0.2, 0.25) is 0 Å². The van der Waals surface area contributed by atoms with Crippen LogP contribution < -0.4 is 0 Å². The van der Waals surface area contributed by atoms with Gasteiger partial charge < -0.3 is 62.7 Å². The number of para-hydroxylation sites is 2. The molecule has 25 heteroatoms. The number of aryl methyl sites for hydroxylation is 3. The standard InChI is InChI=1S/C23H24N2O2.C22H22N2O2.2C17H19N3O3.C17H19N3O2/c1-4-27-16(2)21-13-17-9-5-6-11-19(17)15-25(21)23(26)22-14-18-10-7-8-12-20(18)24(22)3;1-3-26-15(2)21-13-16-8-4-5-10-18(16)14-24(21)22(25)20-12-17-9-6-7-11-19(17)23-20;1-3-23-17(22)15-8-12-6-4-5-7-13(12)11-20(15)16(21)14-9-18-19(2)10-14;1-3-23-17(22)15-10-12-6-4-5-7-13(12)11-20(15)16(21)14-8-9-19(2)18-14;1-3-22-17(21)16-8-13-6-4-5-7-14(13)10-20(16)12(2)15-9-18-11-19-15/h5-12,14,21H,2,4,13,15H2,1,3H3;4-12,21,23H,2-3,13-14H2,1H3;4-7,9-10,15H,3,8,11H2,1-2H3;4-9,15H,3,10-11H2,1-2H3;4-7,9,11,16H,2-3,8,10H2,1H3,(H,18,19). The number of hydrogen-bond donors (Lipinski definition) is 2. The van der Waals surface area contributed by atoms with E-state index in [9.17, 15) is 33.6 Å². The van der Waals surface area contributed by atoms with Gasteiger partial charge in [0.25, 0.3) is 23.6 Å². The summed E-state index contributed by atoms with van der Waals surface area (Å²) in [4.78, 5) is 109. The Bertz CT molecular complexity index is 5600. The second-order valence-corrected chi connectivity index (χ2v) is 30.0. The second-order valence-electron chi connectivity index (χ2n) is 30.0. The van der Waals surface area contributed by atoms with Crippen molar-refractivity contribution in [2.75, 3.05) is 33.0 Å². The number of carbonyl (C=O) groups is 7. The molecule has 0 bridgehead atoms. The summed E-state index contributed by atoms with van der Waals surface area (Å²) in [7, 11) is 5.45. The number of imidazole rings is 1. The number of H-pyrrole nitrogens is 2. The lowest BCUT2D eigenvalue weighted by atomic mass is 9.93. The second kappa shape index (κ2) is 39.2. The minimum atomic E-state index is -0.612. The Kier molecular flexibility index (Phi) is 27.5. The average molecular weight is 1630 g/mol. The third kappa shape index (κ3) is 19.5. The van der Waals surface area contributed by atoms with Gasteiger partial charge in [-0.3, -0.25) is 28.5 Å². The van der Waals surface area contributed by atoms with Crippen LogP contribution in [-0.4, -0.2) is 168 Å². The lowest BCUT2D eigenvalue weighted by molar-refractivity contribution is -0.149. The number of benzene rings is 7. The quantitative estimate of drug-likeness (QED) is 0.0459. The maximum Gasteiger partial charge on any atom is 0.329 e. The summed E-state index contributed by atoms with van der Waals surface area (Å²) in [6.07, 6.45) is 11.2. The maximum atomic E-state index is 13.5. The number of amides is 4. The molecule has 25 nitrogen and oxygen atoms in total. The minimum Gasteiger partial charge on any atom is -0.497 e. The molecule has 2 N–H and O–H groups in total. The fourth-order valence-corrected chi connectivity index (χ4v) is 16.2. The number of carbonyl (C=O) groups excluding carboxylic acids is 7. The van der Waals surface area contributed by atoms with Crippen molar-refractivity contribution in [2.45, 2.75) is 130 Å². The monoisotopic (exact) mass is 1630 g/mol. The summed E-state index contributed by atoms with van der Waals surface area (Å²) in [5.74, 6) is -0.117. The van der Waals surface area contributed by atoms with Crippen molar-refractivity contribution in [1.82, 2.24) is 63.6 Å². The molecule has 7 aromatic carbocycles. The van der Waals surface area contributed by atoms with Crippen molar-refractivity contribution in [2.24, 2.45) is 21.1 Å². The molecule has 0 spiro atoms. The number of rotatable bonds is 18. The summed E-state index contributed by atoms with van der Waals surface area (Å²) in [6.45, 7) is 26.2. The summed E-state index contributed by atoms with van der Waals surface area (Å²) < 4.78 is 32.1. The topological polar surface area (TPSA) is 267 Å². The van der Waals surface area contributed by atoms with Crippen molar-refractivity contribution < 1.29 is 57.2 Å². The van der Waals surface area contributed by atoms with Crippen LogP contribution >= 0.6 is 0 Å². The van der Waals surface area contributed by atoms with E-state index in [1.165, 1.54) is 39.6 Å². The van der Waals surface area contributed by atoms with E-state index in [1.807, 2.05) is 193 Å². The van der Waals surface area contributed by atoms with E-state index in [-0.39, 0.29) is 59.7 Å². The molecule has 0 saturated heterocycles. The molecule has 121 heavy (non-hydrogen) atoms. The molecule has 5 aromatic heterocycles. The molecule has 5 aliphatic rings. The predicted octanol–water partition coefficient (Wildman–Crippen LogP) is 14.1. The van der Waals surface area contributed by atoms with Gasteiger partial charge in [-0.15, -0.1) is 0 Å². The smallest absolute Gasteiger partial charge is 0.329 e. The van der Waals surface area contributed by atoms with Gasteiger partial charge in [0, 0.05) is 120 Å². The van der Waals surface area contributed by atoms with Crippen LogP contribution in [0.4, 0.5) is 0 Å². The molecule has 0 aliphatic carbocycles. The maximum absolute atomic E-state index is 13.5. The zero-order chi connectivity index (χ0) is 85.4. The van der Waals surface area contributed by atoms with Gasteiger partial charge in [-0.2, -0.15) is 10.2 Å². The summed E-state index contributed by atoms with van der Waals surface area (Å²) in [6, 6.07) is 60.1. The number of nitrogens with zero attached hydrogens (tertiary/aromatic N) is 11. The third-order valence-electron chi connectivity index (χ3n) is 22.3. The SMILES string of the molecule is C=C(OCC)C1Cc2ccccc2CN1C(=O)c1cc2ccccc2[nH]1.C=C(OCC)C1Cc2ccccc2CN1C(=O)c1cc2ccccc2n1C.C=C(c1cnc[nH]1)N1Cc2ccccc2CC1C(=O)OCC.CCOC(=O)C1Cc2ccccc2CN1C(=O)c1ccn(C)n1.CCOC(=O)C1Cc2ccccc2CN1C(=O)c1cnn(C)c1. The first kappa shape index (κ1) is 85.1. The van der Waals surface area contributed by atoms with E-state index in [1.54, 1.807) is 78.1 Å². The fraction of sp³-hybridized carbons (Fsp3) is 0.292. The van der Waals surface area contributed by atoms with E-state index in [0.29, 0.717) is 119 Å². The Labute approximate surface area is 704 Å². The van der Waals surface area contributed by atoms with Gasteiger partial charge in [-0.25, -0.2) is 19.4 Å². The van der Waals surface area contributed by atoms with Crippen molar-refractivity contribution in [3.05, 3.63) is 334 Å². The molecule has 0 fully saturated rings. The zero-order valence-electron chi connectivity index (χ0n) is 69.7. The van der Waals surface area contributed by atoms with Gasteiger partial charge in [0.1, 0.15) is 46.7 Å². The lowest BCUT2D eigenvalue weighted by Gasteiger charge is -2.37. The van der Waals surface area contributed by atoms with Gasteiger partial charge >= 0.3 is 17.9 Å². The molecule has 4 amide bonds. The molecule has 5 atom stereocenters. The van der Waals surface area contributed by atoms with Gasteiger partial charge in [0.05, 0.1) is 80.8 Å². The van der Waals surface area contributed by atoms with Crippen LogP contribution in [0.2, 0.25) is 0 Å². The highest BCUT2D eigenvalue weighted by Crippen LogP contribution is 2.35.